The molecule has 4 nitrogen and oxygen atoms in total. The number of nitrogens with one attached hydrogen (secondary N) is 1. The first kappa shape index (κ1) is 14.0. The zero-order valence-electron chi connectivity index (χ0n) is 10.2. The van der Waals surface area contributed by atoms with Crippen molar-refractivity contribution in [2.45, 2.75) is 25.7 Å². The quantitative estimate of drug-likeness (QED) is 0.728. The van der Waals surface area contributed by atoms with Crippen molar-refractivity contribution in [3.63, 3.8) is 0 Å². The average Bonchev–Trinajstić information content (AvgIpc) is 2.35. The van der Waals surface area contributed by atoms with Crippen molar-refractivity contribution in [3.05, 3.63) is 42.5 Å². The lowest BCUT2D eigenvalue weighted by atomic mass is 10.1. The van der Waals surface area contributed by atoms with E-state index >= 15 is 0 Å². The Kier molecular flexibility index (Phi) is 5.64. The standard InChI is InChI=1S/C14H17NO3/c1-2-3-4-13(16)15-12-8-5-11(6-9-12)7-10-14(17)18/h2,5-6,8-9H,1,3-4,7,10H2,(H,15,16)(H,17,18). The minimum absolute atomic E-state index is 0.0480. The van der Waals surface area contributed by atoms with Crippen molar-refractivity contribution in [2.75, 3.05) is 5.32 Å². The number of carboxylic acid groups (broad SMARTS) is 1. The van der Waals surface area contributed by atoms with Gasteiger partial charge in [0, 0.05) is 18.5 Å². The Balaban J connectivity index is 2.46. The second kappa shape index (κ2) is 7.27. The Labute approximate surface area is 106 Å². The molecule has 1 amide bonds. The third kappa shape index (κ3) is 5.30. The molecule has 0 saturated carbocycles. The first-order chi connectivity index (χ1) is 8.61. The minimum Gasteiger partial charge on any atom is -0.481 e. The molecule has 0 aliphatic rings. The van der Waals surface area contributed by atoms with Crippen LogP contribution in [0.25, 0.3) is 0 Å². The molecule has 0 bridgehead atoms. The molecule has 0 unspecified atom stereocenters. The zero-order chi connectivity index (χ0) is 13.4. The van der Waals surface area contributed by atoms with E-state index in [1.165, 1.54) is 0 Å². The lowest BCUT2D eigenvalue weighted by Crippen LogP contribution is -2.10. The highest BCUT2D eigenvalue weighted by molar-refractivity contribution is 5.90. The molecule has 18 heavy (non-hydrogen) atoms. The molecule has 96 valence electrons. The molecule has 0 heterocycles. The Bertz CT molecular complexity index is 423. The molecule has 0 atom stereocenters. The fourth-order valence-electron chi connectivity index (χ4n) is 1.46. The van der Waals surface area contributed by atoms with Crippen LogP contribution in [0.2, 0.25) is 0 Å². The van der Waals surface area contributed by atoms with Crippen molar-refractivity contribution in [1.29, 1.82) is 0 Å². The van der Waals surface area contributed by atoms with E-state index in [4.69, 9.17) is 5.11 Å². The molecule has 0 spiro atoms. The fraction of sp³-hybridized carbons (Fsp3) is 0.286. The predicted molar refractivity (Wildman–Crippen MR) is 70.5 cm³/mol. The second-order valence-corrected chi connectivity index (χ2v) is 3.97. The highest BCUT2D eigenvalue weighted by atomic mass is 16.4. The summed E-state index contributed by atoms with van der Waals surface area (Å²) in [4.78, 5) is 21.9. The number of hydrogen-bond donors (Lipinski definition) is 2. The zero-order valence-corrected chi connectivity index (χ0v) is 10.2. The van der Waals surface area contributed by atoms with Crippen molar-refractivity contribution < 1.29 is 14.7 Å². The van der Waals surface area contributed by atoms with Gasteiger partial charge in [0.05, 0.1) is 0 Å². The number of carboxylic acids is 1. The van der Waals surface area contributed by atoms with Gasteiger partial charge in [-0.15, -0.1) is 6.58 Å². The van der Waals surface area contributed by atoms with Gasteiger partial charge < -0.3 is 10.4 Å². The van der Waals surface area contributed by atoms with Crippen LogP contribution in [0.3, 0.4) is 0 Å². The third-order valence-electron chi connectivity index (χ3n) is 2.44. The summed E-state index contributed by atoms with van der Waals surface area (Å²) in [5, 5.41) is 11.3. The molecule has 0 radical (unpaired) electrons. The molecule has 1 aromatic carbocycles. The number of benzene rings is 1. The normalized spacial score (nSPS) is 9.78. The molecular formula is C14H17NO3. The van der Waals surface area contributed by atoms with E-state index in [9.17, 15) is 9.59 Å². The van der Waals surface area contributed by atoms with Crippen LogP contribution in [0.15, 0.2) is 36.9 Å². The van der Waals surface area contributed by atoms with Gasteiger partial charge in [-0.05, 0) is 30.5 Å². The third-order valence-corrected chi connectivity index (χ3v) is 2.44. The van der Waals surface area contributed by atoms with Crippen molar-refractivity contribution in [2.24, 2.45) is 0 Å². The van der Waals surface area contributed by atoms with Crippen LogP contribution < -0.4 is 5.32 Å². The summed E-state index contributed by atoms with van der Waals surface area (Å²) in [6, 6.07) is 7.21. The summed E-state index contributed by atoms with van der Waals surface area (Å²) >= 11 is 0. The van der Waals surface area contributed by atoms with E-state index < -0.39 is 5.97 Å². The van der Waals surface area contributed by atoms with Crippen LogP contribution in [0.1, 0.15) is 24.8 Å². The molecule has 0 aliphatic heterocycles. The molecule has 0 saturated heterocycles. The molecule has 1 rings (SSSR count). The van der Waals surface area contributed by atoms with Gasteiger partial charge in [-0.3, -0.25) is 9.59 Å². The van der Waals surface area contributed by atoms with Crippen molar-refractivity contribution in [1.82, 2.24) is 0 Å². The number of aryl methyl sites for hydroxylation is 1. The molecule has 2 N–H and O–H groups in total. The number of amides is 1. The van der Waals surface area contributed by atoms with Crippen LogP contribution >= 0.6 is 0 Å². The highest BCUT2D eigenvalue weighted by Crippen LogP contribution is 2.11. The SMILES string of the molecule is C=CCCC(=O)Nc1ccc(CCC(=O)O)cc1. The lowest BCUT2D eigenvalue weighted by molar-refractivity contribution is -0.137. The Morgan fingerprint density at radius 3 is 2.44 bits per heavy atom. The maximum atomic E-state index is 11.4. The van der Waals surface area contributed by atoms with Crippen LogP contribution in [-0.2, 0) is 16.0 Å². The smallest absolute Gasteiger partial charge is 0.303 e. The van der Waals surface area contributed by atoms with Gasteiger partial charge >= 0.3 is 5.97 Å². The van der Waals surface area contributed by atoms with Crippen LogP contribution in [-0.4, -0.2) is 17.0 Å². The number of carbonyl (C=O) groups is 2. The second-order valence-electron chi connectivity index (χ2n) is 3.97. The van der Waals surface area contributed by atoms with E-state index in [1.807, 2.05) is 12.1 Å². The Morgan fingerprint density at radius 1 is 1.22 bits per heavy atom. The monoisotopic (exact) mass is 247 g/mol. The summed E-state index contributed by atoms with van der Waals surface area (Å²) < 4.78 is 0. The van der Waals surface area contributed by atoms with Gasteiger partial charge in [-0.2, -0.15) is 0 Å². The number of rotatable bonds is 7. The summed E-state index contributed by atoms with van der Waals surface area (Å²) in [6.45, 7) is 3.56. The van der Waals surface area contributed by atoms with Crippen LogP contribution in [0.4, 0.5) is 5.69 Å². The number of hydrogen-bond acceptors (Lipinski definition) is 2. The fourth-order valence-corrected chi connectivity index (χ4v) is 1.46. The number of carbonyl (C=O) groups excluding carboxylic acids is 1. The largest absolute Gasteiger partial charge is 0.481 e. The van der Waals surface area contributed by atoms with E-state index in [-0.39, 0.29) is 12.3 Å². The summed E-state index contributed by atoms with van der Waals surface area (Å²) in [5.41, 5.74) is 1.67. The lowest BCUT2D eigenvalue weighted by Gasteiger charge is -2.05. The molecule has 0 aromatic heterocycles. The maximum absolute atomic E-state index is 11.4. The molecular weight excluding hydrogens is 230 g/mol. The predicted octanol–water partition coefficient (Wildman–Crippen LogP) is 2.61. The van der Waals surface area contributed by atoms with Gasteiger partial charge in [0.15, 0.2) is 0 Å². The van der Waals surface area contributed by atoms with E-state index in [1.54, 1.807) is 18.2 Å². The molecule has 0 aliphatic carbocycles. The molecule has 4 heteroatoms. The average molecular weight is 247 g/mol. The summed E-state index contributed by atoms with van der Waals surface area (Å²) in [6.07, 6.45) is 3.40. The number of allylic oxidation sites excluding steroid dienone is 1. The van der Waals surface area contributed by atoms with Gasteiger partial charge in [0.2, 0.25) is 5.91 Å². The van der Waals surface area contributed by atoms with E-state index in [0.29, 0.717) is 19.3 Å². The number of anilines is 1. The van der Waals surface area contributed by atoms with Crippen LogP contribution in [0, 0.1) is 0 Å². The first-order valence-electron chi connectivity index (χ1n) is 5.83. The van der Waals surface area contributed by atoms with Gasteiger partial charge in [0.25, 0.3) is 0 Å². The van der Waals surface area contributed by atoms with Crippen LogP contribution in [0.5, 0.6) is 0 Å². The van der Waals surface area contributed by atoms with E-state index in [0.717, 1.165) is 11.3 Å². The van der Waals surface area contributed by atoms with Gasteiger partial charge in [-0.25, -0.2) is 0 Å². The highest BCUT2D eigenvalue weighted by Gasteiger charge is 2.02. The van der Waals surface area contributed by atoms with Crippen molar-refractivity contribution in [3.8, 4) is 0 Å². The topological polar surface area (TPSA) is 66.4 Å². The summed E-state index contributed by atoms with van der Waals surface area (Å²) in [5.74, 6) is -0.856. The minimum atomic E-state index is -0.809. The number of aliphatic carboxylic acids is 1. The Morgan fingerprint density at radius 2 is 1.89 bits per heavy atom. The maximum Gasteiger partial charge on any atom is 0.303 e. The first-order valence-corrected chi connectivity index (χ1v) is 5.83. The van der Waals surface area contributed by atoms with E-state index in [2.05, 4.69) is 11.9 Å². The Hall–Kier alpha value is -2.10. The molecule has 1 aromatic rings. The molecule has 0 fully saturated rings. The van der Waals surface area contributed by atoms with Gasteiger partial charge in [0.1, 0.15) is 0 Å². The van der Waals surface area contributed by atoms with Crippen molar-refractivity contribution >= 4 is 17.6 Å². The van der Waals surface area contributed by atoms with Gasteiger partial charge in [-0.1, -0.05) is 18.2 Å². The summed E-state index contributed by atoms with van der Waals surface area (Å²) in [7, 11) is 0.